The van der Waals surface area contributed by atoms with E-state index in [4.69, 9.17) is 4.74 Å². The second-order valence-electron chi connectivity index (χ2n) is 4.53. The molecule has 0 aromatic heterocycles. The maximum atomic E-state index is 11.7. The van der Waals surface area contributed by atoms with E-state index in [1.165, 1.54) is 16.7 Å². The minimum Gasteiger partial charge on any atom is -0.381 e. The Labute approximate surface area is 110 Å². The minimum atomic E-state index is 0.0388. The first-order valence-corrected chi connectivity index (χ1v) is 6.49. The van der Waals surface area contributed by atoms with E-state index in [2.05, 4.69) is 31.3 Å². The van der Waals surface area contributed by atoms with E-state index in [0.29, 0.717) is 19.6 Å². The van der Waals surface area contributed by atoms with Crippen LogP contribution in [0.25, 0.3) is 0 Å². The second kappa shape index (κ2) is 7.17. The van der Waals surface area contributed by atoms with Crippen molar-refractivity contribution in [3.8, 4) is 0 Å². The number of rotatable bonds is 6. The van der Waals surface area contributed by atoms with Crippen LogP contribution in [0.5, 0.6) is 0 Å². The van der Waals surface area contributed by atoms with Crippen molar-refractivity contribution in [3.05, 3.63) is 34.9 Å². The van der Waals surface area contributed by atoms with E-state index < -0.39 is 0 Å². The van der Waals surface area contributed by atoms with Crippen LogP contribution in [0.15, 0.2) is 18.2 Å². The highest BCUT2D eigenvalue weighted by atomic mass is 16.5. The first-order valence-electron chi connectivity index (χ1n) is 6.49. The molecule has 0 spiro atoms. The molecule has 1 aromatic carbocycles. The van der Waals surface area contributed by atoms with Crippen molar-refractivity contribution in [1.82, 2.24) is 5.32 Å². The Balaban J connectivity index is 2.57. The van der Waals surface area contributed by atoms with Gasteiger partial charge in [0.05, 0.1) is 12.6 Å². The molecule has 1 rings (SSSR count). The third-order valence-corrected chi connectivity index (χ3v) is 3.17. The van der Waals surface area contributed by atoms with Gasteiger partial charge in [-0.25, -0.2) is 0 Å². The number of benzene rings is 1. The number of carbonyl (C=O) groups excluding carboxylic acids is 1. The summed E-state index contributed by atoms with van der Waals surface area (Å²) in [7, 11) is 0. The summed E-state index contributed by atoms with van der Waals surface area (Å²) in [5.41, 5.74) is 3.68. The number of amides is 1. The number of hydrogen-bond donors (Lipinski definition) is 1. The lowest BCUT2D eigenvalue weighted by molar-refractivity contribution is -0.122. The average Bonchev–Trinajstić information content (AvgIpc) is 2.32. The molecular formula is C15H23NO2. The standard InChI is InChI=1S/C15H23NO2/c1-5-18-10-9-15(17)16-13(4)14-8-6-7-11(2)12(14)3/h6-8,13H,5,9-10H2,1-4H3,(H,16,17). The summed E-state index contributed by atoms with van der Waals surface area (Å²) >= 11 is 0. The minimum absolute atomic E-state index is 0.0388. The van der Waals surface area contributed by atoms with Gasteiger partial charge in [0.25, 0.3) is 0 Å². The van der Waals surface area contributed by atoms with E-state index >= 15 is 0 Å². The Hall–Kier alpha value is -1.35. The van der Waals surface area contributed by atoms with Crippen LogP contribution in [0.4, 0.5) is 0 Å². The lowest BCUT2D eigenvalue weighted by atomic mass is 9.98. The van der Waals surface area contributed by atoms with Crippen molar-refractivity contribution < 1.29 is 9.53 Å². The van der Waals surface area contributed by atoms with Crippen LogP contribution < -0.4 is 5.32 Å². The van der Waals surface area contributed by atoms with E-state index in [1.54, 1.807) is 0 Å². The molecule has 3 heteroatoms. The zero-order valence-electron chi connectivity index (χ0n) is 11.7. The topological polar surface area (TPSA) is 38.3 Å². The summed E-state index contributed by atoms with van der Waals surface area (Å²) in [6, 6.07) is 6.22. The van der Waals surface area contributed by atoms with Gasteiger partial charge in [0.2, 0.25) is 5.91 Å². The molecule has 1 N–H and O–H groups in total. The number of aryl methyl sites for hydroxylation is 1. The van der Waals surface area contributed by atoms with E-state index in [-0.39, 0.29) is 11.9 Å². The quantitative estimate of drug-likeness (QED) is 0.787. The van der Waals surface area contributed by atoms with E-state index in [0.717, 1.165) is 0 Å². The van der Waals surface area contributed by atoms with Crippen molar-refractivity contribution >= 4 is 5.91 Å². The van der Waals surface area contributed by atoms with Crippen LogP contribution in [0.2, 0.25) is 0 Å². The smallest absolute Gasteiger partial charge is 0.222 e. The van der Waals surface area contributed by atoms with Crippen molar-refractivity contribution in [2.75, 3.05) is 13.2 Å². The highest BCUT2D eigenvalue weighted by Gasteiger charge is 2.12. The number of nitrogens with one attached hydrogen (secondary N) is 1. The van der Waals surface area contributed by atoms with Gasteiger partial charge in [-0.2, -0.15) is 0 Å². The highest BCUT2D eigenvalue weighted by Crippen LogP contribution is 2.19. The van der Waals surface area contributed by atoms with E-state index in [1.807, 2.05) is 19.9 Å². The molecule has 0 aliphatic carbocycles. The Bertz CT molecular complexity index is 401. The summed E-state index contributed by atoms with van der Waals surface area (Å²) in [6.45, 7) is 9.26. The molecule has 1 amide bonds. The predicted molar refractivity (Wildman–Crippen MR) is 73.6 cm³/mol. The molecule has 0 bridgehead atoms. The zero-order valence-corrected chi connectivity index (χ0v) is 11.7. The largest absolute Gasteiger partial charge is 0.381 e. The van der Waals surface area contributed by atoms with E-state index in [9.17, 15) is 4.79 Å². The van der Waals surface area contributed by atoms with Crippen molar-refractivity contribution in [3.63, 3.8) is 0 Å². The molecule has 0 fully saturated rings. The first kappa shape index (κ1) is 14.7. The molecule has 1 unspecified atom stereocenters. The molecule has 18 heavy (non-hydrogen) atoms. The normalized spacial score (nSPS) is 12.2. The van der Waals surface area contributed by atoms with Gasteiger partial charge in [-0.15, -0.1) is 0 Å². The summed E-state index contributed by atoms with van der Waals surface area (Å²) < 4.78 is 5.17. The van der Waals surface area contributed by atoms with Gasteiger partial charge in [-0.05, 0) is 44.4 Å². The molecule has 0 radical (unpaired) electrons. The van der Waals surface area contributed by atoms with Crippen molar-refractivity contribution in [2.45, 2.75) is 40.2 Å². The number of hydrogen-bond acceptors (Lipinski definition) is 2. The monoisotopic (exact) mass is 249 g/mol. The molecule has 0 saturated carbocycles. The van der Waals surface area contributed by atoms with Crippen LogP contribution in [0, 0.1) is 13.8 Å². The molecule has 3 nitrogen and oxygen atoms in total. The van der Waals surface area contributed by atoms with Gasteiger partial charge in [0.1, 0.15) is 0 Å². The third-order valence-electron chi connectivity index (χ3n) is 3.17. The summed E-state index contributed by atoms with van der Waals surface area (Å²) in [5.74, 6) is 0.0388. The summed E-state index contributed by atoms with van der Waals surface area (Å²) in [6.07, 6.45) is 0.420. The Morgan fingerprint density at radius 2 is 2.11 bits per heavy atom. The maximum Gasteiger partial charge on any atom is 0.222 e. The van der Waals surface area contributed by atoms with Gasteiger partial charge in [0, 0.05) is 13.0 Å². The molecule has 0 heterocycles. The summed E-state index contributed by atoms with van der Waals surface area (Å²) in [5, 5.41) is 3.00. The SMILES string of the molecule is CCOCCC(=O)NC(C)c1cccc(C)c1C. The molecular weight excluding hydrogens is 226 g/mol. The second-order valence-corrected chi connectivity index (χ2v) is 4.53. The molecule has 1 atom stereocenters. The van der Waals surface area contributed by atoms with Gasteiger partial charge >= 0.3 is 0 Å². The fraction of sp³-hybridized carbons (Fsp3) is 0.533. The van der Waals surface area contributed by atoms with Gasteiger partial charge in [-0.3, -0.25) is 4.79 Å². The average molecular weight is 249 g/mol. The van der Waals surface area contributed by atoms with Crippen LogP contribution >= 0.6 is 0 Å². The van der Waals surface area contributed by atoms with Crippen LogP contribution in [0.3, 0.4) is 0 Å². The van der Waals surface area contributed by atoms with Crippen molar-refractivity contribution in [2.24, 2.45) is 0 Å². The fourth-order valence-corrected chi connectivity index (χ4v) is 1.94. The number of carbonyl (C=O) groups is 1. The lowest BCUT2D eigenvalue weighted by Gasteiger charge is -2.17. The fourth-order valence-electron chi connectivity index (χ4n) is 1.94. The molecule has 0 aliphatic heterocycles. The van der Waals surface area contributed by atoms with Gasteiger partial charge in [-0.1, -0.05) is 18.2 Å². The Morgan fingerprint density at radius 3 is 2.78 bits per heavy atom. The van der Waals surface area contributed by atoms with Crippen LogP contribution in [-0.2, 0) is 9.53 Å². The predicted octanol–water partition coefficient (Wildman–Crippen LogP) is 2.91. The van der Waals surface area contributed by atoms with Crippen LogP contribution in [0.1, 0.15) is 43.0 Å². The van der Waals surface area contributed by atoms with Crippen molar-refractivity contribution in [1.29, 1.82) is 0 Å². The summed E-state index contributed by atoms with van der Waals surface area (Å²) in [4.78, 5) is 11.7. The maximum absolute atomic E-state index is 11.7. The Morgan fingerprint density at radius 1 is 1.39 bits per heavy atom. The third kappa shape index (κ3) is 4.15. The highest BCUT2D eigenvalue weighted by molar-refractivity contribution is 5.76. The molecule has 0 saturated heterocycles. The molecule has 1 aromatic rings. The lowest BCUT2D eigenvalue weighted by Crippen LogP contribution is -2.28. The first-order chi connectivity index (χ1) is 8.56. The number of ether oxygens (including phenoxy) is 1. The van der Waals surface area contributed by atoms with Gasteiger partial charge in [0.15, 0.2) is 0 Å². The Kier molecular flexibility index (Phi) is 5.86. The molecule has 0 aliphatic rings. The van der Waals surface area contributed by atoms with Crippen LogP contribution in [-0.4, -0.2) is 19.1 Å². The molecule has 100 valence electrons. The van der Waals surface area contributed by atoms with Gasteiger partial charge < -0.3 is 10.1 Å². The zero-order chi connectivity index (χ0) is 13.5.